The first kappa shape index (κ1) is 18.9. The molecule has 0 unspecified atom stereocenters. The van der Waals surface area contributed by atoms with Crippen LogP contribution < -0.4 is 15.6 Å². The van der Waals surface area contributed by atoms with Crippen molar-refractivity contribution in [2.75, 3.05) is 6.61 Å². The first-order chi connectivity index (χ1) is 12.3. The van der Waals surface area contributed by atoms with Crippen LogP contribution in [0.5, 0.6) is 5.75 Å². The van der Waals surface area contributed by atoms with Gasteiger partial charge in [0.2, 0.25) is 5.91 Å². The Morgan fingerprint density at radius 3 is 2.31 bits per heavy atom. The van der Waals surface area contributed by atoms with Crippen molar-refractivity contribution in [3.63, 3.8) is 0 Å². The fourth-order valence-electron chi connectivity index (χ4n) is 2.40. The molecule has 0 heterocycles. The molecular weight excluding hydrogens is 338 g/mol. The molecule has 0 aliphatic rings. The average Bonchev–Trinajstić information content (AvgIpc) is 2.57. The molecule has 0 aliphatic heterocycles. The maximum Gasteiger partial charge on any atom is 0.276 e. The van der Waals surface area contributed by atoms with E-state index in [1.54, 1.807) is 18.2 Å². The van der Waals surface area contributed by atoms with Gasteiger partial charge >= 0.3 is 0 Å². The number of aryl methyl sites for hydroxylation is 2. The highest BCUT2D eigenvalue weighted by Crippen LogP contribution is 2.18. The van der Waals surface area contributed by atoms with Crippen LogP contribution in [0.15, 0.2) is 42.5 Å². The zero-order chi connectivity index (χ0) is 19.1. The van der Waals surface area contributed by atoms with Crippen LogP contribution in [0.4, 0.5) is 5.69 Å². The molecule has 0 fully saturated rings. The van der Waals surface area contributed by atoms with Gasteiger partial charge < -0.3 is 4.74 Å². The van der Waals surface area contributed by atoms with Crippen molar-refractivity contribution >= 4 is 17.5 Å². The predicted molar refractivity (Wildman–Crippen MR) is 94.5 cm³/mol. The first-order valence-electron chi connectivity index (χ1n) is 7.86. The molecule has 0 saturated carbocycles. The van der Waals surface area contributed by atoms with Crippen LogP contribution in [0, 0.1) is 24.0 Å². The minimum Gasteiger partial charge on any atom is -0.484 e. The van der Waals surface area contributed by atoms with E-state index in [1.165, 1.54) is 18.2 Å². The Morgan fingerprint density at radius 1 is 1.04 bits per heavy atom. The maximum absolute atomic E-state index is 11.9. The lowest BCUT2D eigenvalue weighted by molar-refractivity contribution is -0.385. The van der Waals surface area contributed by atoms with Gasteiger partial charge in [-0.1, -0.05) is 24.3 Å². The minimum absolute atomic E-state index is 0.146. The number of hydrogen-bond donors (Lipinski definition) is 2. The number of carbonyl (C=O) groups excluding carboxylic acids is 2. The van der Waals surface area contributed by atoms with E-state index in [0.29, 0.717) is 5.75 Å². The van der Waals surface area contributed by atoms with Gasteiger partial charge in [-0.2, -0.15) is 0 Å². The molecule has 2 aromatic rings. The topological polar surface area (TPSA) is 111 Å². The van der Waals surface area contributed by atoms with Gasteiger partial charge in [-0.3, -0.25) is 30.6 Å². The minimum atomic E-state index is -0.570. The fraction of sp³-hybridized carbons (Fsp3) is 0.222. The Balaban J connectivity index is 1.82. The SMILES string of the molecule is Cc1cc(C)cc(OCC(=O)NNC(=O)Cc2ccccc2[N+](=O)[O-])c1. The molecule has 0 bridgehead atoms. The van der Waals surface area contributed by atoms with E-state index in [0.717, 1.165) is 11.1 Å². The molecule has 8 nitrogen and oxygen atoms in total. The lowest BCUT2D eigenvalue weighted by Crippen LogP contribution is -2.44. The predicted octanol–water partition coefficient (Wildman–Crippen LogP) is 1.98. The third-order valence-electron chi connectivity index (χ3n) is 3.45. The van der Waals surface area contributed by atoms with Crippen molar-refractivity contribution in [2.24, 2.45) is 0 Å². The van der Waals surface area contributed by atoms with Crippen molar-refractivity contribution < 1.29 is 19.2 Å². The summed E-state index contributed by atoms with van der Waals surface area (Å²) in [5.41, 5.74) is 6.57. The Kier molecular flexibility index (Phi) is 6.26. The number of ether oxygens (including phenoxy) is 1. The molecule has 2 amide bonds. The van der Waals surface area contributed by atoms with Gasteiger partial charge in [-0.25, -0.2) is 0 Å². The number of hydrogen-bond acceptors (Lipinski definition) is 5. The lowest BCUT2D eigenvalue weighted by atomic mass is 10.1. The number of para-hydroxylation sites is 1. The normalized spacial score (nSPS) is 10.1. The molecule has 0 spiro atoms. The highest BCUT2D eigenvalue weighted by Gasteiger charge is 2.15. The number of rotatable bonds is 6. The molecule has 0 aliphatic carbocycles. The van der Waals surface area contributed by atoms with Gasteiger partial charge in [-0.15, -0.1) is 0 Å². The monoisotopic (exact) mass is 357 g/mol. The number of carbonyl (C=O) groups is 2. The molecule has 0 radical (unpaired) electrons. The van der Waals surface area contributed by atoms with Crippen molar-refractivity contribution in [3.8, 4) is 5.75 Å². The number of amides is 2. The third-order valence-corrected chi connectivity index (χ3v) is 3.45. The summed E-state index contributed by atoms with van der Waals surface area (Å²) in [5.74, 6) is -0.553. The second kappa shape index (κ2) is 8.61. The number of nitro groups is 1. The molecule has 2 aromatic carbocycles. The number of nitrogens with zero attached hydrogens (tertiary/aromatic N) is 1. The Labute approximate surface area is 150 Å². The summed E-state index contributed by atoms with van der Waals surface area (Å²) in [5, 5.41) is 10.9. The molecule has 136 valence electrons. The van der Waals surface area contributed by atoms with Crippen LogP contribution in [0.2, 0.25) is 0 Å². The second-order valence-corrected chi connectivity index (χ2v) is 5.77. The Bertz CT molecular complexity index is 815. The fourth-order valence-corrected chi connectivity index (χ4v) is 2.40. The molecular formula is C18H19N3O5. The van der Waals surface area contributed by atoms with E-state index < -0.39 is 16.7 Å². The molecule has 26 heavy (non-hydrogen) atoms. The zero-order valence-electron chi connectivity index (χ0n) is 14.4. The highest BCUT2D eigenvalue weighted by atomic mass is 16.6. The summed E-state index contributed by atoms with van der Waals surface area (Å²) in [6.07, 6.45) is -0.227. The van der Waals surface area contributed by atoms with Gasteiger partial charge in [0.25, 0.3) is 11.6 Å². The van der Waals surface area contributed by atoms with Crippen molar-refractivity contribution in [1.82, 2.24) is 10.9 Å². The second-order valence-electron chi connectivity index (χ2n) is 5.77. The number of hydrazine groups is 1. The van der Waals surface area contributed by atoms with E-state index in [4.69, 9.17) is 4.74 Å². The van der Waals surface area contributed by atoms with E-state index in [2.05, 4.69) is 10.9 Å². The number of nitrogens with one attached hydrogen (secondary N) is 2. The van der Waals surface area contributed by atoms with Crippen LogP contribution >= 0.6 is 0 Å². The summed E-state index contributed by atoms with van der Waals surface area (Å²) in [7, 11) is 0. The summed E-state index contributed by atoms with van der Waals surface area (Å²) >= 11 is 0. The first-order valence-corrected chi connectivity index (χ1v) is 7.86. The van der Waals surface area contributed by atoms with Gasteiger partial charge in [0, 0.05) is 11.6 Å². The molecule has 0 aromatic heterocycles. The van der Waals surface area contributed by atoms with Crippen LogP contribution in [0.1, 0.15) is 16.7 Å². The Hall–Kier alpha value is -3.42. The quantitative estimate of drug-likeness (QED) is 0.607. The van der Waals surface area contributed by atoms with Crippen LogP contribution in [0.3, 0.4) is 0 Å². The van der Waals surface area contributed by atoms with Gasteiger partial charge in [0.1, 0.15) is 5.75 Å². The molecule has 8 heteroatoms. The molecule has 2 N–H and O–H groups in total. The van der Waals surface area contributed by atoms with E-state index in [9.17, 15) is 19.7 Å². The van der Waals surface area contributed by atoms with Crippen molar-refractivity contribution in [1.29, 1.82) is 0 Å². The number of benzene rings is 2. The standard InChI is InChI=1S/C18H19N3O5/c1-12-7-13(2)9-15(8-12)26-11-18(23)20-19-17(22)10-14-5-3-4-6-16(14)21(24)25/h3-9H,10-11H2,1-2H3,(H,19,22)(H,20,23). The summed E-state index contributed by atoms with van der Waals surface area (Å²) in [6, 6.07) is 11.5. The smallest absolute Gasteiger partial charge is 0.276 e. The van der Waals surface area contributed by atoms with Crippen LogP contribution in [0.25, 0.3) is 0 Å². The van der Waals surface area contributed by atoms with Gasteiger partial charge in [-0.05, 0) is 37.1 Å². The lowest BCUT2D eigenvalue weighted by Gasteiger charge is -2.10. The van der Waals surface area contributed by atoms with E-state index in [-0.39, 0.29) is 24.3 Å². The molecule has 2 rings (SSSR count). The summed E-state index contributed by atoms with van der Waals surface area (Å²) < 4.78 is 5.38. The van der Waals surface area contributed by atoms with Crippen molar-refractivity contribution in [3.05, 3.63) is 69.3 Å². The molecule has 0 atom stereocenters. The Morgan fingerprint density at radius 2 is 1.65 bits per heavy atom. The zero-order valence-corrected chi connectivity index (χ0v) is 14.4. The molecule has 0 saturated heterocycles. The largest absolute Gasteiger partial charge is 0.484 e. The highest BCUT2D eigenvalue weighted by molar-refractivity contribution is 5.84. The van der Waals surface area contributed by atoms with Crippen LogP contribution in [-0.2, 0) is 16.0 Å². The van der Waals surface area contributed by atoms with Crippen molar-refractivity contribution in [2.45, 2.75) is 20.3 Å². The third kappa shape index (κ3) is 5.59. The van der Waals surface area contributed by atoms with Gasteiger partial charge in [0.05, 0.1) is 11.3 Å². The summed E-state index contributed by atoms with van der Waals surface area (Å²) in [4.78, 5) is 34.0. The van der Waals surface area contributed by atoms with Gasteiger partial charge in [0.15, 0.2) is 6.61 Å². The van der Waals surface area contributed by atoms with E-state index in [1.807, 2.05) is 19.9 Å². The van der Waals surface area contributed by atoms with Crippen LogP contribution in [-0.4, -0.2) is 23.3 Å². The summed E-state index contributed by atoms with van der Waals surface area (Å²) in [6.45, 7) is 3.57. The average molecular weight is 357 g/mol. The van der Waals surface area contributed by atoms with E-state index >= 15 is 0 Å². The number of nitro benzene ring substituents is 1. The maximum atomic E-state index is 11.9.